The average molecular weight is 507 g/mol. The normalized spacial score (nSPS) is 17.8. The van der Waals surface area contributed by atoms with Crippen LogP contribution in [0.2, 0.25) is 0 Å². The standard InChI is InChI=1S/C26H22N2O7S/c1-4-31-25(30)22-14(3)27-26-28(23(22)15-5-6-17-19(8-15)34-11-32-17)24(29)21(36-26)10-16-9-20-18(7-13(16)2)33-12-35-20/h5-10,23H,4,11-12H2,1-3H3/b21-10-/t23-/m1/s1. The highest BCUT2D eigenvalue weighted by atomic mass is 32.1. The zero-order valence-corrected chi connectivity index (χ0v) is 20.6. The summed E-state index contributed by atoms with van der Waals surface area (Å²) in [5.41, 5.74) is 3.04. The van der Waals surface area contributed by atoms with Gasteiger partial charge in [-0.3, -0.25) is 9.36 Å². The van der Waals surface area contributed by atoms with Gasteiger partial charge in [-0.15, -0.1) is 0 Å². The first-order valence-electron chi connectivity index (χ1n) is 11.4. The fourth-order valence-electron chi connectivity index (χ4n) is 4.55. The molecule has 4 heterocycles. The predicted octanol–water partition coefficient (Wildman–Crippen LogP) is 2.56. The second-order valence-electron chi connectivity index (χ2n) is 8.48. The minimum Gasteiger partial charge on any atom is -0.463 e. The van der Waals surface area contributed by atoms with Gasteiger partial charge < -0.3 is 23.7 Å². The van der Waals surface area contributed by atoms with Crippen LogP contribution in [-0.4, -0.2) is 30.7 Å². The highest BCUT2D eigenvalue weighted by Crippen LogP contribution is 2.38. The predicted molar refractivity (Wildman–Crippen MR) is 130 cm³/mol. The van der Waals surface area contributed by atoms with Gasteiger partial charge in [-0.2, -0.15) is 0 Å². The molecule has 3 aromatic rings. The van der Waals surface area contributed by atoms with Crippen LogP contribution < -0.4 is 33.8 Å². The van der Waals surface area contributed by atoms with E-state index in [2.05, 4.69) is 4.99 Å². The summed E-state index contributed by atoms with van der Waals surface area (Å²) in [5.74, 6) is 1.98. The van der Waals surface area contributed by atoms with Gasteiger partial charge in [0.15, 0.2) is 27.8 Å². The number of allylic oxidation sites excluding steroid dienone is 1. The summed E-state index contributed by atoms with van der Waals surface area (Å²) >= 11 is 1.27. The number of carbonyl (C=O) groups is 1. The maximum atomic E-state index is 13.8. The third-order valence-corrected chi connectivity index (χ3v) is 7.26. The van der Waals surface area contributed by atoms with Crippen LogP contribution in [0, 0.1) is 6.92 Å². The lowest BCUT2D eigenvalue weighted by Gasteiger charge is -2.24. The topological polar surface area (TPSA) is 97.6 Å². The number of benzene rings is 2. The Hall–Kier alpha value is -4.05. The molecule has 1 atom stereocenters. The van der Waals surface area contributed by atoms with E-state index in [-0.39, 0.29) is 25.8 Å². The monoisotopic (exact) mass is 506 g/mol. The average Bonchev–Trinajstić information content (AvgIpc) is 3.57. The van der Waals surface area contributed by atoms with Crippen molar-refractivity contribution in [3.63, 3.8) is 0 Å². The number of hydrogen-bond donors (Lipinski definition) is 0. The molecule has 0 spiro atoms. The molecule has 2 aromatic carbocycles. The lowest BCUT2D eigenvalue weighted by Crippen LogP contribution is -2.39. The Labute approximate surface area is 209 Å². The number of carbonyl (C=O) groups excluding carboxylic acids is 1. The van der Waals surface area contributed by atoms with Crippen molar-refractivity contribution in [2.45, 2.75) is 26.8 Å². The maximum Gasteiger partial charge on any atom is 0.338 e. The molecule has 184 valence electrons. The fourth-order valence-corrected chi connectivity index (χ4v) is 5.58. The minimum atomic E-state index is -0.727. The Bertz CT molecular complexity index is 1630. The summed E-state index contributed by atoms with van der Waals surface area (Å²) in [7, 11) is 0. The van der Waals surface area contributed by atoms with Crippen LogP contribution in [-0.2, 0) is 9.53 Å². The Morgan fingerprint density at radius 2 is 1.78 bits per heavy atom. The van der Waals surface area contributed by atoms with Gasteiger partial charge in [0.1, 0.15) is 0 Å². The third kappa shape index (κ3) is 3.56. The van der Waals surface area contributed by atoms with Crippen LogP contribution in [0.5, 0.6) is 23.0 Å². The number of thiazole rings is 1. The van der Waals surface area contributed by atoms with E-state index in [1.165, 1.54) is 11.3 Å². The number of nitrogens with zero attached hydrogens (tertiary/aromatic N) is 2. The molecule has 3 aliphatic heterocycles. The number of aryl methyl sites for hydroxylation is 1. The summed E-state index contributed by atoms with van der Waals surface area (Å²) in [6, 6.07) is 8.43. The van der Waals surface area contributed by atoms with E-state index in [0.717, 1.165) is 11.1 Å². The molecule has 3 aliphatic rings. The van der Waals surface area contributed by atoms with Crippen molar-refractivity contribution in [3.8, 4) is 23.0 Å². The van der Waals surface area contributed by atoms with Gasteiger partial charge in [0.05, 0.1) is 28.5 Å². The molecule has 0 bridgehead atoms. The van der Waals surface area contributed by atoms with E-state index in [1.54, 1.807) is 30.5 Å². The smallest absolute Gasteiger partial charge is 0.338 e. The van der Waals surface area contributed by atoms with Crippen molar-refractivity contribution in [1.82, 2.24) is 4.57 Å². The first-order valence-corrected chi connectivity index (χ1v) is 12.3. The van der Waals surface area contributed by atoms with Gasteiger partial charge >= 0.3 is 5.97 Å². The van der Waals surface area contributed by atoms with E-state index in [1.807, 2.05) is 31.2 Å². The fraction of sp³-hybridized carbons (Fsp3) is 0.269. The molecule has 36 heavy (non-hydrogen) atoms. The number of ether oxygens (including phenoxy) is 5. The molecule has 6 rings (SSSR count). The Morgan fingerprint density at radius 3 is 2.53 bits per heavy atom. The molecular formula is C26H22N2O7S. The first kappa shape index (κ1) is 22.4. The van der Waals surface area contributed by atoms with Crippen LogP contribution in [0.25, 0.3) is 6.08 Å². The molecule has 0 radical (unpaired) electrons. The maximum absolute atomic E-state index is 13.8. The second-order valence-corrected chi connectivity index (χ2v) is 9.49. The minimum absolute atomic E-state index is 0.121. The number of aromatic nitrogens is 1. The van der Waals surface area contributed by atoms with Crippen molar-refractivity contribution in [3.05, 3.63) is 78.0 Å². The third-order valence-electron chi connectivity index (χ3n) is 6.28. The van der Waals surface area contributed by atoms with Crippen molar-refractivity contribution < 1.29 is 28.5 Å². The van der Waals surface area contributed by atoms with E-state index < -0.39 is 12.0 Å². The van der Waals surface area contributed by atoms with Crippen LogP contribution in [0.15, 0.2) is 51.4 Å². The number of fused-ring (bicyclic) bond motifs is 3. The molecular weight excluding hydrogens is 484 g/mol. The molecule has 9 nitrogen and oxygen atoms in total. The summed E-state index contributed by atoms with van der Waals surface area (Å²) < 4.78 is 29.4. The molecule has 0 N–H and O–H groups in total. The van der Waals surface area contributed by atoms with Gasteiger partial charge in [-0.25, -0.2) is 9.79 Å². The molecule has 0 aliphatic carbocycles. The van der Waals surface area contributed by atoms with Crippen molar-refractivity contribution in [2.24, 2.45) is 4.99 Å². The number of esters is 1. The van der Waals surface area contributed by atoms with Crippen molar-refractivity contribution >= 4 is 23.4 Å². The lowest BCUT2D eigenvalue weighted by molar-refractivity contribution is -0.139. The molecule has 0 unspecified atom stereocenters. The zero-order valence-electron chi connectivity index (χ0n) is 19.8. The van der Waals surface area contributed by atoms with Crippen LogP contribution in [0.3, 0.4) is 0 Å². The highest BCUT2D eigenvalue weighted by Gasteiger charge is 2.34. The summed E-state index contributed by atoms with van der Waals surface area (Å²) in [6.45, 7) is 5.94. The van der Waals surface area contributed by atoms with E-state index in [4.69, 9.17) is 23.7 Å². The Morgan fingerprint density at radius 1 is 1.08 bits per heavy atom. The van der Waals surface area contributed by atoms with Crippen molar-refractivity contribution in [2.75, 3.05) is 20.2 Å². The molecule has 0 saturated heterocycles. The molecule has 1 aromatic heterocycles. The Balaban J connectivity index is 1.54. The molecule has 0 fully saturated rings. The van der Waals surface area contributed by atoms with E-state index in [0.29, 0.717) is 49.2 Å². The van der Waals surface area contributed by atoms with E-state index in [9.17, 15) is 9.59 Å². The summed E-state index contributed by atoms with van der Waals surface area (Å²) in [6.07, 6.45) is 1.82. The SMILES string of the molecule is CCOC(=O)C1=C(C)N=c2s/c(=C\c3cc4c(cc3C)OCO4)c(=O)n2[C@@H]1c1ccc2c(c1)OCO2. The van der Waals surface area contributed by atoms with Crippen LogP contribution in [0.1, 0.15) is 36.6 Å². The largest absolute Gasteiger partial charge is 0.463 e. The van der Waals surface area contributed by atoms with Gasteiger partial charge in [0.2, 0.25) is 13.6 Å². The van der Waals surface area contributed by atoms with Crippen LogP contribution >= 0.6 is 11.3 Å². The first-order chi connectivity index (χ1) is 17.4. The van der Waals surface area contributed by atoms with Gasteiger partial charge in [0.25, 0.3) is 5.56 Å². The number of rotatable bonds is 4. The highest BCUT2D eigenvalue weighted by molar-refractivity contribution is 7.07. The quantitative estimate of drug-likeness (QED) is 0.502. The summed E-state index contributed by atoms with van der Waals surface area (Å²) in [4.78, 5) is 32.0. The van der Waals surface area contributed by atoms with E-state index >= 15 is 0 Å². The summed E-state index contributed by atoms with van der Waals surface area (Å²) in [5, 5.41) is 0. The van der Waals surface area contributed by atoms with Crippen molar-refractivity contribution in [1.29, 1.82) is 0 Å². The van der Waals surface area contributed by atoms with Crippen LogP contribution in [0.4, 0.5) is 0 Å². The lowest BCUT2D eigenvalue weighted by atomic mass is 9.95. The van der Waals surface area contributed by atoms with Gasteiger partial charge in [0, 0.05) is 0 Å². The second kappa shape index (κ2) is 8.56. The molecule has 10 heteroatoms. The zero-order chi connectivity index (χ0) is 25.0. The van der Waals surface area contributed by atoms with Gasteiger partial charge in [-0.05, 0) is 67.8 Å². The Kier molecular flexibility index (Phi) is 5.33. The van der Waals surface area contributed by atoms with Gasteiger partial charge in [-0.1, -0.05) is 17.4 Å². The molecule has 0 saturated carbocycles. The number of hydrogen-bond acceptors (Lipinski definition) is 9. The molecule has 0 amide bonds.